The summed E-state index contributed by atoms with van der Waals surface area (Å²) < 4.78 is 5.26. The molecule has 3 heteroatoms. The Hall–Kier alpha value is -2.03. The van der Waals surface area contributed by atoms with Crippen molar-refractivity contribution in [1.82, 2.24) is 0 Å². The Labute approximate surface area is 130 Å². The van der Waals surface area contributed by atoms with Crippen molar-refractivity contribution in [2.75, 3.05) is 7.11 Å². The number of carbonyl (C=O) groups is 1. The van der Waals surface area contributed by atoms with Gasteiger partial charge in [-0.3, -0.25) is 4.79 Å². The predicted molar refractivity (Wildman–Crippen MR) is 87.5 cm³/mol. The van der Waals surface area contributed by atoms with Crippen molar-refractivity contribution in [2.24, 2.45) is 5.41 Å². The van der Waals surface area contributed by atoms with E-state index < -0.39 is 5.97 Å². The summed E-state index contributed by atoms with van der Waals surface area (Å²) >= 11 is 0. The molecule has 1 N–H and O–H groups in total. The first-order chi connectivity index (χ1) is 10.5. The van der Waals surface area contributed by atoms with Crippen molar-refractivity contribution in [3.05, 3.63) is 42.0 Å². The fraction of sp³-hybridized carbons (Fsp3) is 0.421. The van der Waals surface area contributed by atoms with Crippen molar-refractivity contribution < 1.29 is 14.6 Å². The normalized spacial score (nSPS) is 24.5. The molecule has 1 fully saturated rings. The van der Waals surface area contributed by atoms with Crippen LogP contribution in [0.1, 0.15) is 44.1 Å². The Bertz CT molecular complexity index is 707. The molecule has 0 heterocycles. The van der Waals surface area contributed by atoms with E-state index in [9.17, 15) is 9.90 Å². The Balaban J connectivity index is 1.97. The second kappa shape index (κ2) is 5.64. The number of rotatable bonds is 4. The van der Waals surface area contributed by atoms with Gasteiger partial charge in [-0.15, -0.1) is 0 Å². The molecule has 1 aliphatic carbocycles. The number of carboxylic acids is 1. The topological polar surface area (TPSA) is 46.5 Å². The van der Waals surface area contributed by atoms with Gasteiger partial charge in [0.15, 0.2) is 0 Å². The summed E-state index contributed by atoms with van der Waals surface area (Å²) in [5.41, 5.74) is 1.13. The molecular weight excluding hydrogens is 276 g/mol. The molecule has 22 heavy (non-hydrogen) atoms. The first kappa shape index (κ1) is 14.9. The maximum absolute atomic E-state index is 11.2. The van der Waals surface area contributed by atoms with Gasteiger partial charge in [-0.25, -0.2) is 0 Å². The number of hydrogen-bond acceptors (Lipinski definition) is 2. The fourth-order valence-corrected chi connectivity index (χ4v) is 3.94. The van der Waals surface area contributed by atoms with E-state index in [1.54, 1.807) is 7.11 Å². The van der Waals surface area contributed by atoms with Gasteiger partial charge in [-0.05, 0) is 52.6 Å². The zero-order valence-corrected chi connectivity index (χ0v) is 13.1. The van der Waals surface area contributed by atoms with Gasteiger partial charge in [0, 0.05) is 0 Å². The van der Waals surface area contributed by atoms with Crippen LogP contribution in [0.3, 0.4) is 0 Å². The number of hydrogen-bond donors (Lipinski definition) is 1. The molecule has 116 valence electrons. The SMILES string of the molecule is COc1ccc2cc([C@@H]3CCC[C@]3(C)CC(=O)O)ccc2c1. The van der Waals surface area contributed by atoms with E-state index in [2.05, 4.69) is 31.2 Å². The number of methoxy groups -OCH3 is 1. The molecule has 1 aliphatic rings. The van der Waals surface area contributed by atoms with Gasteiger partial charge in [0.1, 0.15) is 5.75 Å². The maximum Gasteiger partial charge on any atom is 0.303 e. The van der Waals surface area contributed by atoms with Crippen LogP contribution in [-0.2, 0) is 4.79 Å². The standard InChI is InChI=1S/C19H22O3/c1-19(12-18(20)21)9-3-4-17(19)15-6-5-14-11-16(22-2)8-7-13(14)10-15/h5-8,10-11,17H,3-4,9,12H2,1-2H3,(H,20,21)/t17-,19+/m0/s1. The number of carboxylic acid groups (broad SMARTS) is 1. The Morgan fingerprint density at radius 3 is 2.73 bits per heavy atom. The third-order valence-electron chi connectivity index (χ3n) is 5.11. The van der Waals surface area contributed by atoms with Gasteiger partial charge in [-0.2, -0.15) is 0 Å². The third-order valence-corrected chi connectivity index (χ3v) is 5.11. The van der Waals surface area contributed by atoms with E-state index in [1.165, 1.54) is 10.9 Å². The summed E-state index contributed by atoms with van der Waals surface area (Å²) in [5, 5.41) is 11.6. The van der Waals surface area contributed by atoms with E-state index >= 15 is 0 Å². The van der Waals surface area contributed by atoms with Crippen LogP contribution in [0, 0.1) is 5.41 Å². The quantitative estimate of drug-likeness (QED) is 0.897. The average molecular weight is 298 g/mol. The summed E-state index contributed by atoms with van der Waals surface area (Å²) in [6, 6.07) is 12.6. The third kappa shape index (κ3) is 2.68. The summed E-state index contributed by atoms with van der Waals surface area (Å²) in [4.78, 5) is 11.2. The molecule has 0 bridgehead atoms. The molecule has 2 aromatic rings. The number of ether oxygens (including phenoxy) is 1. The highest BCUT2D eigenvalue weighted by atomic mass is 16.5. The largest absolute Gasteiger partial charge is 0.497 e. The molecule has 0 saturated heterocycles. The fourth-order valence-electron chi connectivity index (χ4n) is 3.94. The van der Waals surface area contributed by atoms with Crippen molar-refractivity contribution in [1.29, 1.82) is 0 Å². The van der Waals surface area contributed by atoms with Gasteiger partial charge in [-0.1, -0.05) is 37.6 Å². The molecule has 0 radical (unpaired) electrons. The smallest absolute Gasteiger partial charge is 0.303 e. The molecule has 0 aromatic heterocycles. The highest BCUT2D eigenvalue weighted by Gasteiger charge is 2.41. The molecule has 0 amide bonds. The molecule has 3 nitrogen and oxygen atoms in total. The van der Waals surface area contributed by atoms with E-state index in [4.69, 9.17) is 4.74 Å². The van der Waals surface area contributed by atoms with Gasteiger partial charge < -0.3 is 9.84 Å². The van der Waals surface area contributed by atoms with Crippen molar-refractivity contribution in [3.8, 4) is 5.75 Å². The van der Waals surface area contributed by atoms with Crippen LogP contribution in [0.5, 0.6) is 5.75 Å². The van der Waals surface area contributed by atoms with Crippen molar-refractivity contribution >= 4 is 16.7 Å². The van der Waals surface area contributed by atoms with Crippen LogP contribution in [0.15, 0.2) is 36.4 Å². The van der Waals surface area contributed by atoms with Gasteiger partial charge in [0.05, 0.1) is 13.5 Å². The monoisotopic (exact) mass is 298 g/mol. The molecular formula is C19H22O3. The Morgan fingerprint density at radius 1 is 1.27 bits per heavy atom. The lowest BCUT2D eigenvalue weighted by atomic mass is 9.73. The summed E-state index contributed by atoms with van der Waals surface area (Å²) in [6.07, 6.45) is 3.42. The van der Waals surface area contributed by atoms with E-state index in [1.807, 2.05) is 12.1 Å². The number of fused-ring (bicyclic) bond motifs is 1. The van der Waals surface area contributed by atoms with Crippen molar-refractivity contribution in [2.45, 2.75) is 38.5 Å². The van der Waals surface area contributed by atoms with Crippen LogP contribution in [0.2, 0.25) is 0 Å². The predicted octanol–water partition coefficient (Wildman–Crippen LogP) is 4.60. The molecule has 1 saturated carbocycles. The molecule has 3 rings (SSSR count). The van der Waals surface area contributed by atoms with E-state index in [-0.39, 0.29) is 11.8 Å². The maximum atomic E-state index is 11.2. The first-order valence-electron chi connectivity index (χ1n) is 7.81. The zero-order chi connectivity index (χ0) is 15.7. The van der Waals surface area contributed by atoms with Gasteiger partial charge in [0.2, 0.25) is 0 Å². The molecule has 2 aromatic carbocycles. The minimum absolute atomic E-state index is 0.133. The second-order valence-electron chi connectivity index (χ2n) is 6.64. The molecule has 0 spiro atoms. The van der Waals surface area contributed by atoms with Crippen LogP contribution in [0.4, 0.5) is 0 Å². The van der Waals surface area contributed by atoms with Gasteiger partial charge >= 0.3 is 5.97 Å². The van der Waals surface area contributed by atoms with Crippen LogP contribution < -0.4 is 4.74 Å². The zero-order valence-electron chi connectivity index (χ0n) is 13.1. The lowest BCUT2D eigenvalue weighted by Gasteiger charge is -2.30. The summed E-state index contributed by atoms with van der Waals surface area (Å²) in [7, 11) is 1.67. The highest BCUT2D eigenvalue weighted by Crippen LogP contribution is 2.51. The van der Waals surface area contributed by atoms with Gasteiger partial charge in [0.25, 0.3) is 0 Å². The second-order valence-corrected chi connectivity index (χ2v) is 6.64. The average Bonchev–Trinajstić information content (AvgIpc) is 2.86. The van der Waals surface area contributed by atoms with Crippen LogP contribution in [-0.4, -0.2) is 18.2 Å². The minimum Gasteiger partial charge on any atom is -0.497 e. The van der Waals surface area contributed by atoms with Crippen LogP contribution in [0.25, 0.3) is 10.8 Å². The first-order valence-corrected chi connectivity index (χ1v) is 7.81. The summed E-state index contributed by atoms with van der Waals surface area (Å²) in [6.45, 7) is 2.12. The lowest BCUT2D eigenvalue weighted by molar-refractivity contribution is -0.139. The van der Waals surface area contributed by atoms with E-state index in [0.717, 1.165) is 30.4 Å². The molecule has 0 aliphatic heterocycles. The molecule has 2 atom stereocenters. The Morgan fingerprint density at radius 2 is 2.00 bits per heavy atom. The van der Waals surface area contributed by atoms with Crippen LogP contribution >= 0.6 is 0 Å². The lowest BCUT2D eigenvalue weighted by Crippen LogP contribution is -2.23. The molecule has 0 unspecified atom stereocenters. The summed E-state index contributed by atoms with van der Waals surface area (Å²) in [5.74, 6) is 0.492. The highest BCUT2D eigenvalue weighted by molar-refractivity contribution is 5.84. The minimum atomic E-state index is -0.695. The van der Waals surface area contributed by atoms with E-state index in [0.29, 0.717) is 5.92 Å². The Kier molecular flexibility index (Phi) is 3.81. The number of benzene rings is 2. The number of aliphatic carboxylic acids is 1. The van der Waals surface area contributed by atoms with Crippen molar-refractivity contribution in [3.63, 3.8) is 0 Å².